The van der Waals surface area contributed by atoms with Crippen molar-refractivity contribution < 1.29 is 4.42 Å². The van der Waals surface area contributed by atoms with Crippen LogP contribution in [0.4, 0.5) is 0 Å². The number of aryl methyl sites for hydroxylation is 1. The summed E-state index contributed by atoms with van der Waals surface area (Å²) in [6.07, 6.45) is 0. The van der Waals surface area contributed by atoms with E-state index in [0.717, 1.165) is 60.3 Å². The first-order chi connectivity index (χ1) is 22.6. The molecule has 0 saturated heterocycles. The molecule has 0 saturated carbocycles. The van der Waals surface area contributed by atoms with Gasteiger partial charge in [-0.1, -0.05) is 97.6 Å². The predicted molar refractivity (Wildman–Crippen MR) is 194 cm³/mol. The summed E-state index contributed by atoms with van der Waals surface area (Å²) < 4.78 is 8.84. The van der Waals surface area contributed by atoms with Gasteiger partial charge in [0.1, 0.15) is 16.4 Å². The number of benzene rings is 6. The van der Waals surface area contributed by atoms with Crippen LogP contribution >= 0.6 is 11.3 Å². The van der Waals surface area contributed by atoms with Crippen LogP contribution in [0.1, 0.15) is 17.0 Å². The lowest BCUT2D eigenvalue weighted by Gasteiger charge is -2.09. The molecule has 6 aromatic carbocycles. The second kappa shape index (κ2) is 10.4. The highest BCUT2D eigenvalue weighted by Gasteiger charge is 2.23. The Hall–Kier alpha value is -5.71. The maximum atomic E-state index is 6.47. The summed E-state index contributed by atoms with van der Waals surface area (Å²) in [7, 11) is 0. The summed E-state index contributed by atoms with van der Waals surface area (Å²) in [5.41, 5.74) is 9.41. The number of para-hydroxylation sites is 2. The molecule has 0 atom stereocenters. The molecule has 4 heteroatoms. The van der Waals surface area contributed by atoms with Gasteiger partial charge in [-0.3, -0.25) is 0 Å². The van der Waals surface area contributed by atoms with Gasteiger partial charge in [-0.25, -0.2) is 4.98 Å². The van der Waals surface area contributed by atoms with E-state index in [9.17, 15) is 0 Å². The number of aromatic nitrogens is 2. The summed E-state index contributed by atoms with van der Waals surface area (Å²) >= 11 is 1.70. The molecule has 0 radical (unpaired) electrons. The fourth-order valence-electron chi connectivity index (χ4n) is 6.69. The highest BCUT2D eigenvalue weighted by molar-refractivity contribution is 7.18. The van der Waals surface area contributed by atoms with Crippen molar-refractivity contribution in [2.75, 3.05) is 0 Å². The van der Waals surface area contributed by atoms with Gasteiger partial charge in [-0.05, 0) is 71.8 Å². The zero-order valence-electron chi connectivity index (χ0n) is 25.2. The molecule has 0 N–H and O–H groups in total. The Morgan fingerprint density at radius 2 is 1.35 bits per heavy atom. The standard InChI is InChI=1S/C42H28N2OS/c1-26(28-12-4-3-5-13-28)40-39(34-17-9-11-19-38(34)45-40)41-27(2)43-42(46-41)29-20-22-32(23-21-29)44-36-18-10-8-16-33(36)35-24-30-14-6-7-15-31(30)25-37(35)44/h3-25H,1H2,2H3. The lowest BCUT2D eigenvalue weighted by atomic mass is 9.99. The fourth-order valence-corrected chi connectivity index (χ4v) is 7.82. The van der Waals surface area contributed by atoms with Crippen LogP contribution in [0.3, 0.4) is 0 Å². The van der Waals surface area contributed by atoms with E-state index in [1.54, 1.807) is 11.3 Å². The van der Waals surface area contributed by atoms with Crippen LogP contribution in [0, 0.1) is 6.92 Å². The molecular weight excluding hydrogens is 581 g/mol. The molecule has 0 aliphatic rings. The van der Waals surface area contributed by atoms with E-state index < -0.39 is 0 Å². The van der Waals surface area contributed by atoms with Crippen LogP contribution < -0.4 is 0 Å². The topological polar surface area (TPSA) is 31.0 Å². The van der Waals surface area contributed by atoms with Crippen LogP contribution in [-0.4, -0.2) is 9.55 Å². The van der Waals surface area contributed by atoms with Gasteiger partial charge in [0.2, 0.25) is 0 Å². The molecule has 3 heterocycles. The summed E-state index contributed by atoms with van der Waals surface area (Å²) in [5, 5.41) is 7.06. The number of thiazole rings is 1. The van der Waals surface area contributed by atoms with Crippen LogP contribution in [-0.2, 0) is 0 Å². The Bertz CT molecular complexity index is 2600. The number of hydrogen-bond acceptors (Lipinski definition) is 3. The third-order valence-electron chi connectivity index (χ3n) is 8.93. The maximum Gasteiger partial charge on any atom is 0.144 e. The average Bonchev–Trinajstić information content (AvgIpc) is 3.78. The SMILES string of the molecule is C=C(c1ccccc1)c1oc2ccccc2c1-c1sc(-c2ccc(-n3c4ccccc4c4cc5ccccc5cc43)cc2)nc1C. The van der Waals surface area contributed by atoms with Gasteiger partial charge >= 0.3 is 0 Å². The molecule has 0 bridgehead atoms. The third kappa shape index (κ3) is 4.15. The summed E-state index contributed by atoms with van der Waals surface area (Å²) in [6.45, 7) is 6.54. The van der Waals surface area contributed by atoms with E-state index in [4.69, 9.17) is 9.40 Å². The fraction of sp³-hybridized carbons (Fsp3) is 0.0238. The van der Waals surface area contributed by atoms with Crippen molar-refractivity contribution in [2.45, 2.75) is 6.92 Å². The molecule has 0 unspecified atom stereocenters. The molecular formula is C42H28N2OS. The molecule has 3 nitrogen and oxygen atoms in total. The van der Waals surface area contributed by atoms with E-state index in [2.05, 4.69) is 127 Å². The first kappa shape index (κ1) is 26.7. The number of nitrogens with zero attached hydrogens (tertiary/aromatic N) is 2. The van der Waals surface area contributed by atoms with Crippen LogP contribution in [0.5, 0.6) is 0 Å². The Morgan fingerprint density at radius 1 is 0.674 bits per heavy atom. The molecule has 9 aromatic rings. The normalized spacial score (nSPS) is 11.7. The molecule has 0 spiro atoms. The summed E-state index contributed by atoms with van der Waals surface area (Å²) in [4.78, 5) is 6.19. The second-order valence-electron chi connectivity index (χ2n) is 11.7. The van der Waals surface area contributed by atoms with Crippen molar-refractivity contribution in [3.8, 4) is 26.7 Å². The zero-order valence-corrected chi connectivity index (χ0v) is 26.0. The van der Waals surface area contributed by atoms with Gasteiger partial charge in [0.05, 0.1) is 21.6 Å². The van der Waals surface area contributed by atoms with Crippen molar-refractivity contribution in [3.63, 3.8) is 0 Å². The Kier molecular flexibility index (Phi) is 6.05. The average molecular weight is 609 g/mol. The number of hydrogen-bond donors (Lipinski definition) is 0. The molecule has 46 heavy (non-hydrogen) atoms. The van der Waals surface area contributed by atoms with Gasteiger partial charge in [0.15, 0.2) is 0 Å². The smallest absolute Gasteiger partial charge is 0.144 e. The van der Waals surface area contributed by atoms with Crippen LogP contribution in [0.25, 0.3) is 75.8 Å². The number of fused-ring (bicyclic) bond motifs is 5. The molecule has 0 fully saturated rings. The lowest BCUT2D eigenvalue weighted by molar-refractivity contribution is 0.602. The molecule has 0 amide bonds. The lowest BCUT2D eigenvalue weighted by Crippen LogP contribution is -1.93. The minimum Gasteiger partial charge on any atom is -0.455 e. The summed E-state index contributed by atoms with van der Waals surface area (Å²) in [6, 6.07) is 49.1. The van der Waals surface area contributed by atoms with Gasteiger partial charge in [0, 0.05) is 38.5 Å². The zero-order chi connectivity index (χ0) is 30.8. The van der Waals surface area contributed by atoms with Crippen molar-refractivity contribution in [2.24, 2.45) is 0 Å². The largest absolute Gasteiger partial charge is 0.455 e. The number of furan rings is 1. The monoisotopic (exact) mass is 608 g/mol. The highest BCUT2D eigenvalue weighted by atomic mass is 32.1. The minimum atomic E-state index is 0.792. The molecule has 0 aliphatic heterocycles. The molecule has 9 rings (SSSR count). The van der Waals surface area contributed by atoms with Crippen LogP contribution in [0.2, 0.25) is 0 Å². The molecule has 218 valence electrons. The Balaban J connectivity index is 1.15. The highest BCUT2D eigenvalue weighted by Crippen LogP contribution is 2.45. The molecule has 3 aromatic heterocycles. The van der Waals surface area contributed by atoms with E-state index >= 15 is 0 Å². The van der Waals surface area contributed by atoms with Gasteiger partial charge in [-0.15, -0.1) is 11.3 Å². The van der Waals surface area contributed by atoms with E-state index in [0.29, 0.717) is 0 Å². The first-order valence-electron chi connectivity index (χ1n) is 15.4. The predicted octanol–water partition coefficient (Wildman–Crippen LogP) is 11.8. The van der Waals surface area contributed by atoms with Crippen molar-refractivity contribution in [3.05, 3.63) is 163 Å². The van der Waals surface area contributed by atoms with Gasteiger partial charge in [-0.2, -0.15) is 0 Å². The number of rotatable bonds is 5. The Morgan fingerprint density at radius 3 is 2.15 bits per heavy atom. The molecule has 0 aliphatic carbocycles. The van der Waals surface area contributed by atoms with Gasteiger partial charge < -0.3 is 8.98 Å². The van der Waals surface area contributed by atoms with Crippen molar-refractivity contribution in [1.29, 1.82) is 0 Å². The first-order valence-corrected chi connectivity index (χ1v) is 16.2. The van der Waals surface area contributed by atoms with E-state index in [1.807, 2.05) is 30.3 Å². The Labute approximate surface area is 270 Å². The van der Waals surface area contributed by atoms with Crippen LogP contribution in [0.15, 0.2) is 151 Å². The van der Waals surface area contributed by atoms with Crippen molar-refractivity contribution >= 4 is 60.5 Å². The second-order valence-corrected chi connectivity index (χ2v) is 12.7. The van der Waals surface area contributed by atoms with E-state index in [-0.39, 0.29) is 0 Å². The van der Waals surface area contributed by atoms with Gasteiger partial charge in [0.25, 0.3) is 0 Å². The quantitative estimate of drug-likeness (QED) is 0.195. The van der Waals surface area contributed by atoms with E-state index in [1.165, 1.54) is 32.6 Å². The van der Waals surface area contributed by atoms with Crippen molar-refractivity contribution in [1.82, 2.24) is 9.55 Å². The maximum absolute atomic E-state index is 6.47. The minimum absolute atomic E-state index is 0.792. The third-order valence-corrected chi connectivity index (χ3v) is 10.2. The summed E-state index contributed by atoms with van der Waals surface area (Å²) in [5.74, 6) is 0.792.